The highest BCUT2D eigenvalue weighted by atomic mass is 16.2. The van der Waals surface area contributed by atoms with E-state index in [9.17, 15) is 9.59 Å². The Kier molecular flexibility index (Phi) is 5.15. The lowest BCUT2D eigenvalue weighted by atomic mass is 9.99. The summed E-state index contributed by atoms with van der Waals surface area (Å²) in [5, 5.41) is 9.05. The summed E-state index contributed by atoms with van der Waals surface area (Å²) in [6.07, 6.45) is 0. The first kappa shape index (κ1) is 19.9. The Morgan fingerprint density at radius 3 is 2.13 bits per heavy atom. The molecule has 4 rings (SSSR count). The Morgan fingerprint density at radius 1 is 0.867 bits per heavy atom. The summed E-state index contributed by atoms with van der Waals surface area (Å²) >= 11 is 0. The second kappa shape index (κ2) is 7.77. The van der Waals surface area contributed by atoms with Gasteiger partial charge in [-0.15, -0.1) is 0 Å². The number of amides is 2. The first-order valence-corrected chi connectivity index (χ1v) is 10.0. The number of likely N-dealkylation sites (N-methyl/N-ethyl adjacent to an activating group) is 1. The van der Waals surface area contributed by atoms with Gasteiger partial charge in [0, 0.05) is 26.2 Å². The van der Waals surface area contributed by atoms with Crippen molar-refractivity contribution in [2.75, 3.05) is 38.1 Å². The lowest BCUT2D eigenvalue weighted by Gasteiger charge is -2.34. The summed E-state index contributed by atoms with van der Waals surface area (Å²) in [5.41, 5.74) is 4.88. The maximum Gasteiger partial charge on any atom is 0.282 e. The van der Waals surface area contributed by atoms with E-state index in [4.69, 9.17) is 5.26 Å². The first-order valence-electron chi connectivity index (χ1n) is 10.0. The van der Waals surface area contributed by atoms with Crippen molar-refractivity contribution in [1.82, 2.24) is 9.80 Å². The monoisotopic (exact) mass is 400 g/mol. The molecule has 152 valence electrons. The van der Waals surface area contributed by atoms with Crippen molar-refractivity contribution >= 4 is 23.1 Å². The molecular formula is C24H24N4O2. The molecule has 0 saturated carbocycles. The second-order valence-corrected chi connectivity index (χ2v) is 7.92. The van der Waals surface area contributed by atoms with Crippen LogP contribution in [0.4, 0.5) is 5.69 Å². The number of rotatable bonds is 3. The van der Waals surface area contributed by atoms with E-state index in [0.717, 1.165) is 29.8 Å². The average molecular weight is 400 g/mol. The van der Waals surface area contributed by atoms with Gasteiger partial charge in [0.15, 0.2) is 0 Å². The highest BCUT2D eigenvalue weighted by Crippen LogP contribution is 2.35. The van der Waals surface area contributed by atoms with Crippen molar-refractivity contribution in [2.24, 2.45) is 0 Å². The summed E-state index contributed by atoms with van der Waals surface area (Å²) in [4.78, 5) is 32.5. The number of carbonyl (C=O) groups is 2. The summed E-state index contributed by atoms with van der Waals surface area (Å²) in [7, 11) is 2.06. The smallest absolute Gasteiger partial charge is 0.282 e. The van der Waals surface area contributed by atoms with Gasteiger partial charge in [-0.1, -0.05) is 18.2 Å². The Bertz CT molecular complexity index is 1090. The molecule has 0 bridgehead atoms. The second-order valence-electron chi connectivity index (χ2n) is 7.92. The van der Waals surface area contributed by atoms with E-state index in [1.165, 1.54) is 4.90 Å². The van der Waals surface area contributed by atoms with Gasteiger partial charge in [-0.3, -0.25) is 9.59 Å². The molecule has 6 heteroatoms. The van der Waals surface area contributed by atoms with Gasteiger partial charge in [0.1, 0.15) is 5.70 Å². The van der Waals surface area contributed by atoms with Crippen molar-refractivity contribution in [3.63, 3.8) is 0 Å². The number of anilines is 1. The third-order valence-electron chi connectivity index (χ3n) is 5.93. The molecule has 30 heavy (non-hydrogen) atoms. The zero-order valence-corrected chi connectivity index (χ0v) is 17.5. The number of imide groups is 1. The Hall–Kier alpha value is -3.43. The third-order valence-corrected chi connectivity index (χ3v) is 5.93. The minimum Gasteiger partial charge on any atom is -0.364 e. The molecule has 0 aliphatic carbocycles. The zero-order valence-electron chi connectivity index (χ0n) is 17.5. The highest BCUT2D eigenvalue weighted by molar-refractivity contribution is 6.45. The molecule has 2 amide bonds. The van der Waals surface area contributed by atoms with E-state index < -0.39 is 0 Å². The predicted molar refractivity (Wildman–Crippen MR) is 116 cm³/mol. The standard InChI is InChI=1S/C24H24N4O2/c1-16-4-7-19(14-17(16)2)21-22(27-12-10-26(3)11-13-27)24(30)28(23(21)29)20-8-5-18(15-25)6-9-20/h4-9,14H,10-13H2,1-3H3. The Morgan fingerprint density at radius 2 is 1.53 bits per heavy atom. The number of carbonyl (C=O) groups excluding carboxylic acids is 2. The third kappa shape index (κ3) is 3.38. The summed E-state index contributed by atoms with van der Waals surface area (Å²) < 4.78 is 0. The van der Waals surface area contributed by atoms with Crippen LogP contribution in [0.3, 0.4) is 0 Å². The van der Waals surface area contributed by atoms with Crippen LogP contribution in [0.25, 0.3) is 5.57 Å². The summed E-state index contributed by atoms with van der Waals surface area (Å²) in [6, 6.07) is 14.5. The van der Waals surface area contributed by atoms with Gasteiger partial charge < -0.3 is 9.80 Å². The molecule has 0 atom stereocenters. The molecular weight excluding hydrogens is 376 g/mol. The summed E-state index contributed by atoms with van der Waals surface area (Å²) in [5.74, 6) is -0.621. The molecule has 1 fully saturated rings. The van der Waals surface area contributed by atoms with Crippen LogP contribution in [0.15, 0.2) is 48.2 Å². The highest BCUT2D eigenvalue weighted by Gasteiger charge is 2.42. The minimum absolute atomic E-state index is 0.303. The summed E-state index contributed by atoms with van der Waals surface area (Å²) in [6.45, 7) is 7.10. The normalized spacial score (nSPS) is 17.7. The number of hydrogen-bond donors (Lipinski definition) is 0. The van der Waals surface area contributed by atoms with Crippen LogP contribution in [0.2, 0.25) is 0 Å². The largest absolute Gasteiger partial charge is 0.364 e. The maximum atomic E-state index is 13.5. The molecule has 2 aliphatic rings. The van der Waals surface area contributed by atoms with Gasteiger partial charge in [0.25, 0.3) is 11.8 Å². The van der Waals surface area contributed by atoms with Crippen LogP contribution >= 0.6 is 0 Å². The van der Waals surface area contributed by atoms with Crippen LogP contribution < -0.4 is 4.90 Å². The quantitative estimate of drug-likeness (QED) is 0.741. The van der Waals surface area contributed by atoms with E-state index >= 15 is 0 Å². The van der Waals surface area contributed by atoms with Crippen molar-refractivity contribution < 1.29 is 9.59 Å². The topological polar surface area (TPSA) is 67.7 Å². The van der Waals surface area contributed by atoms with Crippen molar-refractivity contribution in [1.29, 1.82) is 5.26 Å². The van der Waals surface area contributed by atoms with E-state index in [1.54, 1.807) is 24.3 Å². The molecule has 0 radical (unpaired) electrons. The Balaban J connectivity index is 1.81. The van der Waals surface area contributed by atoms with Gasteiger partial charge in [-0.25, -0.2) is 4.90 Å². The molecule has 2 aromatic carbocycles. The van der Waals surface area contributed by atoms with Gasteiger partial charge in [-0.05, 0) is 61.9 Å². The molecule has 0 aromatic heterocycles. The van der Waals surface area contributed by atoms with E-state index in [0.29, 0.717) is 35.6 Å². The minimum atomic E-state index is -0.318. The molecule has 1 saturated heterocycles. The zero-order chi connectivity index (χ0) is 21.4. The van der Waals surface area contributed by atoms with Crippen LogP contribution in [0, 0.1) is 25.2 Å². The number of nitriles is 1. The molecule has 2 aliphatic heterocycles. The lowest BCUT2D eigenvalue weighted by molar-refractivity contribution is -0.120. The van der Waals surface area contributed by atoms with Crippen LogP contribution in [0.1, 0.15) is 22.3 Å². The number of piperazine rings is 1. The maximum absolute atomic E-state index is 13.5. The van der Waals surface area contributed by atoms with Crippen molar-refractivity contribution in [3.8, 4) is 6.07 Å². The number of aryl methyl sites for hydroxylation is 2. The van der Waals surface area contributed by atoms with Gasteiger partial charge in [0.2, 0.25) is 0 Å². The molecule has 2 aromatic rings. The molecule has 0 spiro atoms. The van der Waals surface area contributed by atoms with E-state index in [1.807, 2.05) is 36.9 Å². The van der Waals surface area contributed by atoms with Gasteiger partial charge in [0.05, 0.1) is 22.9 Å². The molecule has 0 unspecified atom stereocenters. The fourth-order valence-electron chi connectivity index (χ4n) is 3.92. The molecule has 6 nitrogen and oxygen atoms in total. The average Bonchev–Trinajstić information content (AvgIpc) is 3.01. The fourth-order valence-corrected chi connectivity index (χ4v) is 3.92. The first-order chi connectivity index (χ1) is 14.4. The Labute approximate surface area is 176 Å². The van der Waals surface area contributed by atoms with Gasteiger partial charge in [-0.2, -0.15) is 5.26 Å². The predicted octanol–water partition coefficient (Wildman–Crippen LogP) is 2.71. The van der Waals surface area contributed by atoms with Crippen molar-refractivity contribution in [2.45, 2.75) is 13.8 Å². The SMILES string of the molecule is Cc1ccc(C2=C(N3CCN(C)CC3)C(=O)N(c3ccc(C#N)cc3)C2=O)cc1C. The van der Waals surface area contributed by atoms with Crippen LogP contribution in [-0.4, -0.2) is 54.8 Å². The van der Waals surface area contributed by atoms with Crippen LogP contribution in [-0.2, 0) is 9.59 Å². The van der Waals surface area contributed by atoms with Crippen LogP contribution in [0.5, 0.6) is 0 Å². The molecule has 0 N–H and O–H groups in total. The van der Waals surface area contributed by atoms with E-state index in [2.05, 4.69) is 18.0 Å². The van der Waals surface area contributed by atoms with E-state index in [-0.39, 0.29) is 11.8 Å². The fraction of sp³-hybridized carbons (Fsp3) is 0.292. The number of hydrogen-bond acceptors (Lipinski definition) is 5. The van der Waals surface area contributed by atoms with Crippen molar-refractivity contribution in [3.05, 3.63) is 70.4 Å². The lowest BCUT2D eigenvalue weighted by Crippen LogP contribution is -2.46. The van der Waals surface area contributed by atoms with Gasteiger partial charge >= 0.3 is 0 Å². The molecule has 2 heterocycles. The number of benzene rings is 2. The number of nitrogens with zero attached hydrogens (tertiary/aromatic N) is 4.